The largest absolute Gasteiger partial charge is 0.393 e. The van der Waals surface area contributed by atoms with E-state index in [4.69, 9.17) is 0 Å². The minimum atomic E-state index is -0.231. The number of aliphatic hydroxyl groups is 1. The van der Waals surface area contributed by atoms with Crippen molar-refractivity contribution in [2.24, 2.45) is 11.8 Å². The van der Waals surface area contributed by atoms with E-state index in [2.05, 4.69) is 17.4 Å². The maximum atomic E-state index is 12.8. The second-order valence-electron chi connectivity index (χ2n) is 8.13. The van der Waals surface area contributed by atoms with Gasteiger partial charge in [0, 0.05) is 39.1 Å². The van der Waals surface area contributed by atoms with Gasteiger partial charge in [-0.2, -0.15) is 0 Å². The van der Waals surface area contributed by atoms with E-state index in [-0.39, 0.29) is 30.0 Å². The highest BCUT2D eigenvalue weighted by Crippen LogP contribution is 2.32. The molecule has 0 aromatic heterocycles. The van der Waals surface area contributed by atoms with Crippen LogP contribution in [0, 0.1) is 11.8 Å². The van der Waals surface area contributed by atoms with Crippen molar-refractivity contribution in [2.45, 2.75) is 44.2 Å². The lowest BCUT2D eigenvalue weighted by molar-refractivity contribution is -0.128. The Morgan fingerprint density at radius 3 is 2.37 bits per heavy atom. The molecule has 6 nitrogen and oxygen atoms in total. The van der Waals surface area contributed by atoms with Crippen molar-refractivity contribution in [2.75, 3.05) is 27.2 Å². The van der Waals surface area contributed by atoms with E-state index in [9.17, 15) is 14.7 Å². The summed E-state index contributed by atoms with van der Waals surface area (Å²) in [5.74, 6) is 0.383. The normalized spacial score (nSPS) is 24.0. The lowest BCUT2D eigenvalue weighted by Gasteiger charge is -2.39. The SMILES string of the molecule is CN(C)C(=O)N1CCC(C(=O)NC(Cc2ccccc2)C2CC(O)C2)CC1. The Morgan fingerprint density at radius 2 is 1.81 bits per heavy atom. The predicted molar refractivity (Wildman–Crippen MR) is 104 cm³/mol. The number of rotatable bonds is 5. The Hall–Kier alpha value is -2.08. The number of carbonyl (C=O) groups excluding carboxylic acids is 2. The summed E-state index contributed by atoms with van der Waals surface area (Å²) in [4.78, 5) is 28.3. The third-order valence-corrected chi connectivity index (χ3v) is 5.86. The van der Waals surface area contributed by atoms with Gasteiger partial charge in [-0.15, -0.1) is 0 Å². The van der Waals surface area contributed by atoms with E-state index in [0.29, 0.717) is 31.8 Å². The van der Waals surface area contributed by atoms with Crippen LogP contribution in [0.3, 0.4) is 0 Å². The molecule has 1 aromatic carbocycles. The fraction of sp³-hybridized carbons (Fsp3) is 0.619. The Balaban J connectivity index is 1.56. The minimum Gasteiger partial charge on any atom is -0.393 e. The highest BCUT2D eigenvalue weighted by Gasteiger charge is 2.36. The molecule has 1 aliphatic heterocycles. The number of nitrogens with zero attached hydrogens (tertiary/aromatic N) is 2. The third kappa shape index (κ3) is 5.01. The molecule has 2 N–H and O–H groups in total. The number of urea groups is 1. The molecule has 148 valence electrons. The van der Waals surface area contributed by atoms with Crippen LogP contribution in [0.5, 0.6) is 0 Å². The second kappa shape index (κ2) is 8.74. The topological polar surface area (TPSA) is 72.9 Å². The molecule has 1 unspecified atom stereocenters. The van der Waals surface area contributed by atoms with Gasteiger partial charge in [0.05, 0.1) is 6.10 Å². The van der Waals surface area contributed by atoms with Crippen LogP contribution in [0.15, 0.2) is 30.3 Å². The average molecular weight is 373 g/mol. The Kier molecular flexibility index (Phi) is 6.37. The van der Waals surface area contributed by atoms with Gasteiger partial charge in [-0.3, -0.25) is 4.79 Å². The highest BCUT2D eigenvalue weighted by molar-refractivity contribution is 5.80. The van der Waals surface area contributed by atoms with Crippen LogP contribution in [-0.2, 0) is 11.2 Å². The summed E-state index contributed by atoms with van der Waals surface area (Å²) in [7, 11) is 3.50. The zero-order chi connectivity index (χ0) is 19.4. The van der Waals surface area contributed by atoms with Crippen molar-refractivity contribution in [1.29, 1.82) is 0 Å². The van der Waals surface area contributed by atoms with Crippen molar-refractivity contribution in [1.82, 2.24) is 15.1 Å². The zero-order valence-corrected chi connectivity index (χ0v) is 16.3. The van der Waals surface area contributed by atoms with E-state index in [0.717, 1.165) is 19.3 Å². The average Bonchev–Trinajstić information content (AvgIpc) is 2.65. The molecule has 3 amide bonds. The number of aliphatic hydroxyl groups excluding tert-OH is 1. The standard InChI is InChI=1S/C21H31N3O3/c1-23(2)21(27)24-10-8-16(9-11-24)20(26)22-19(17-13-18(25)14-17)12-15-6-4-3-5-7-15/h3-7,16-19,25H,8-14H2,1-2H3,(H,22,26). The van der Waals surface area contributed by atoms with Gasteiger partial charge in [-0.1, -0.05) is 30.3 Å². The predicted octanol–water partition coefficient (Wildman–Crippen LogP) is 1.88. The van der Waals surface area contributed by atoms with Crippen molar-refractivity contribution in [3.63, 3.8) is 0 Å². The fourth-order valence-electron chi connectivity index (χ4n) is 4.08. The molecule has 1 aromatic rings. The van der Waals surface area contributed by atoms with Crippen LogP contribution < -0.4 is 5.32 Å². The Morgan fingerprint density at radius 1 is 1.19 bits per heavy atom. The number of piperidine rings is 1. The summed E-state index contributed by atoms with van der Waals surface area (Å²) in [6.07, 6.45) is 3.49. The van der Waals surface area contributed by atoms with Crippen molar-refractivity contribution >= 4 is 11.9 Å². The van der Waals surface area contributed by atoms with Crippen LogP contribution >= 0.6 is 0 Å². The van der Waals surface area contributed by atoms with Gasteiger partial charge in [-0.25, -0.2) is 4.79 Å². The summed E-state index contributed by atoms with van der Waals surface area (Å²) in [5.41, 5.74) is 1.20. The number of hydrogen-bond acceptors (Lipinski definition) is 3. The smallest absolute Gasteiger partial charge is 0.319 e. The first kappa shape index (κ1) is 19.7. The molecular weight excluding hydrogens is 342 g/mol. The maximum Gasteiger partial charge on any atom is 0.319 e. The number of carbonyl (C=O) groups is 2. The highest BCUT2D eigenvalue weighted by atomic mass is 16.3. The van der Waals surface area contributed by atoms with E-state index in [1.807, 2.05) is 23.1 Å². The molecule has 3 rings (SSSR count). The quantitative estimate of drug-likeness (QED) is 0.828. The van der Waals surface area contributed by atoms with Crippen LogP contribution in [0.25, 0.3) is 0 Å². The molecule has 0 bridgehead atoms. The number of nitrogens with one attached hydrogen (secondary N) is 1. The summed E-state index contributed by atoms with van der Waals surface area (Å²) in [6, 6.07) is 10.3. The molecular formula is C21H31N3O3. The van der Waals surface area contributed by atoms with Gasteiger partial charge in [-0.05, 0) is 43.6 Å². The van der Waals surface area contributed by atoms with Gasteiger partial charge in [0.15, 0.2) is 0 Å². The molecule has 2 aliphatic rings. The molecule has 1 saturated heterocycles. The summed E-state index contributed by atoms with van der Waals surface area (Å²) in [5, 5.41) is 12.9. The first-order valence-corrected chi connectivity index (χ1v) is 9.92. The van der Waals surface area contributed by atoms with Crippen LogP contribution in [0.4, 0.5) is 4.79 Å². The zero-order valence-electron chi connectivity index (χ0n) is 16.3. The molecule has 0 spiro atoms. The number of benzene rings is 1. The Labute approximate surface area is 161 Å². The van der Waals surface area contributed by atoms with Gasteiger partial charge < -0.3 is 20.2 Å². The lowest BCUT2D eigenvalue weighted by atomic mass is 9.75. The molecule has 1 heterocycles. The molecule has 2 fully saturated rings. The van der Waals surface area contributed by atoms with Gasteiger partial charge in [0.2, 0.25) is 5.91 Å². The molecule has 1 saturated carbocycles. The van der Waals surface area contributed by atoms with Crippen molar-refractivity contribution in [3.05, 3.63) is 35.9 Å². The fourth-order valence-corrected chi connectivity index (χ4v) is 4.08. The number of likely N-dealkylation sites (tertiary alicyclic amines) is 1. The van der Waals surface area contributed by atoms with Gasteiger partial charge in [0.25, 0.3) is 0 Å². The molecule has 6 heteroatoms. The van der Waals surface area contributed by atoms with Crippen LogP contribution in [0.1, 0.15) is 31.2 Å². The number of amides is 3. The van der Waals surface area contributed by atoms with Gasteiger partial charge >= 0.3 is 6.03 Å². The first-order chi connectivity index (χ1) is 12.9. The first-order valence-electron chi connectivity index (χ1n) is 9.92. The molecule has 1 atom stereocenters. The monoisotopic (exact) mass is 373 g/mol. The lowest BCUT2D eigenvalue weighted by Crippen LogP contribution is -2.51. The van der Waals surface area contributed by atoms with Crippen LogP contribution in [-0.4, -0.2) is 66.2 Å². The summed E-state index contributed by atoms with van der Waals surface area (Å²) < 4.78 is 0. The van der Waals surface area contributed by atoms with E-state index in [1.54, 1.807) is 19.0 Å². The van der Waals surface area contributed by atoms with E-state index >= 15 is 0 Å². The molecule has 0 radical (unpaired) electrons. The van der Waals surface area contributed by atoms with Gasteiger partial charge in [0.1, 0.15) is 0 Å². The van der Waals surface area contributed by atoms with E-state index < -0.39 is 0 Å². The maximum absolute atomic E-state index is 12.8. The molecule has 27 heavy (non-hydrogen) atoms. The summed E-state index contributed by atoms with van der Waals surface area (Å²) >= 11 is 0. The van der Waals surface area contributed by atoms with Crippen molar-refractivity contribution in [3.8, 4) is 0 Å². The van der Waals surface area contributed by atoms with E-state index in [1.165, 1.54) is 5.56 Å². The Bertz CT molecular complexity index is 635. The number of hydrogen-bond donors (Lipinski definition) is 2. The van der Waals surface area contributed by atoms with Crippen LogP contribution in [0.2, 0.25) is 0 Å². The third-order valence-electron chi connectivity index (χ3n) is 5.86. The molecule has 1 aliphatic carbocycles. The van der Waals surface area contributed by atoms with Crippen molar-refractivity contribution < 1.29 is 14.7 Å². The second-order valence-corrected chi connectivity index (χ2v) is 8.13. The minimum absolute atomic E-state index is 0.0132. The summed E-state index contributed by atoms with van der Waals surface area (Å²) in [6.45, 7) is 1.25.